The quantitative estimate of drug-likeness (QED) is 0.668. The number of aliphatic hydroxyl groups is 1. The Kier molecular flexibility index (Phi) is 7.87. The highest BCUT2D eigenvalue weighted by atomic mass is 16.5. The van der Waals surface area contributed by atoms with Crippen LogP contribution in [0.25, 0.3) is 0 Å². The molecule has 1 amide bonds. The molecule has 1 rings (SSSR count). The zero-order chi connectivity index (χ0) is 14.0. The summed E-state index contributed by atoms with van der Waals surface area (Å²) in [6.45, 7) is 1.43. The molecule has 1 heterocycles. The first-order chi connectivity index (χ1) is 8.47. The number of nitrogens with two attached hydrogens (primary N) is 1. The zero-order valence-corrected chi connectivity index (χ0v) is 9.94. The van der Waals surface area contributed by atoms with Crippen molar-refractivity contribution in [3.63, 3.8) is 0 Å². The normalized spacial score (nSPS) is 10.8. The highest BCUT2D eigenvalue weighted by molar-refractivity contribution is 5.65. The van der Waals surface area contributed by atoms with Crippen LogP contribution in [0.1, 0.15) is 18.5 Å². The summed E-state index contributed by atoms with van der Waals surface area (Å²) in [5.74, 6) is -0.584. The molecule has 1 aromatic heterocycles. The Balaban J connectivity index is 0.000000631. The first-order valence-corrected chi connectivity index (χ1v) is 5.11. The third kappa shape index (κ3) is 8.05. The number of nitrogens with zero attached hydrogens (tertiary/aromatic N) is 1. The number of pyridine rings is 1. The lowest BCUT2D eigenvalue weighted by molar-refractivity contribution is -0.141. The topological polar surface area (TPSA) is 123 Å². The molecule has 0 spiro atoms. The Morgan fingerprint density at radius 1 is 1.50 bits per heavy atom. The summed E-state index contributed by atoms with van der Waals surface area (Å²) in [5, 5.41) is 16.3. The maximum Gasteiger partial charge on any atom is 0.402 e. The molecule has 0 unspecified atom stereocenters. The van der Waals surface area contributed by atoms with Crippen molar-refractivity contribution in [1.82, 2.24) is 4.98 Å². The SMILES string of the molecule is CC(=O)OC[C@@H](CO)c1ccccn1.NC(=O)O. The van der Waals surface area contributed by atoms with Crippen molar-refractivity contribution in [3.8, 4) is 0 Å². The summed E-state index contributed by atoms with van der Waals surface area (Å²) in [5.41, 5.74) is 4.76. The second-order valence-electron chi connectivity index (χ2n) is 3.27. The number of hydrogen-bond acceptors (Lipinski definition) is 5. The molecule has 0 fully saturated rings. The van der Waals surface area contributed by atoms with E-state index >= 15 is 0 Å². The molecule has 0 saturated carbocycles. The lowest BCUT2D eigenvalue weighted by atomic mass is 10.1. The highest BCUT2D eigenvalue weighted by Crippen LogP contribution is 2.12. The minimum absolute atomic E-state index is 0.0791. The van der Waals surface area contributed by atoms with Gasteiger partial charge in [-0.15, -0.1) is 0 Å². The molecule has 7 heteroatoms. The van der Waals surface area contributed by atoms with E-state index in [0.717, 1.165) is 5.69 Å². The Hall–Kier alpha value is -2.15. The van der Waals surface area contributed by atoms with E-state index in [9.17, 15) is 4.79 Å². The van der Waals surface area contributed by atoms with E-state index < -0.39 is 6.09 Å². The number of aromatic nitrogens is 1. The van der Waals surface area contributed by atoms with Gasteiger partial charge in [0.15, 0.2) is 0 Å². The smallest absolute Gasteiger partial charge is 0.402 e. The van der Waals surface area contributed by atoms with Crippen LogP contribution in [-0.2, 0) is 9.53 Å². The van der Waals surface area contributed by atoms with Gasteiger partial charge in [-0.1, -0.05) is 6.07 Å². The second kappa shape index (κ2) is 8.94. The minimum atomic E-state index is -1.33. The molecule has 0 aliphatic rings. The molecule has 100 valence electrons. The van der Waals surface area contributed by atoms with Crippen molar-refractivity contribution in [2.45, 2.75) is 12.8 Å². The first kappa shape index (κ1) is 15.9. The number of amides is 1. The van der Waals surface area contributed by atoms with Crippen molar-refractivity contribution in [1.29, 1.82) is 0 Å². The van der Waals surface area contributed by atoms with Gasteiger partial charge >= 0.3 is 12.1 Å². The standard InChI is InChI=1S/C10H13NO3.CH3NO2/c1-8(13)14-7-9(6-12)10-4-2-3-5-11-10;2-1(3)4/h2-5,9,12H,6-7H2,1H3;2H2,(H,3,4)/t9-;/m1./s1. The van der Waals surface area contributed by atoms with Gasteiger partial charge in [0.1, 0.15) is 6.61 Å². The fraction of sp³-hybridized carbons (Fsp3) is 0.364. The molecule has 4 N–H and O–H groups in total. The number of carbonyl (C=O) groups is 2. The molecule has 0 saturated heterocycles. The van der Waals surface area contributed by atoms with Gasteiger partial charge in [-0.25, -0.2) is 4.79 Å². The van der Waals surface area contributed by atoms with Crippen molar-refractivity contribution < 1.29 is 24.5 Å². The van der Waals surface area contributed by atoms with Crippen LogP contribution in [0.2, 0.25) is 0 Å². The fourth-order valence-electron chi connectivity index (χ4n) is 1.07. The molecule has 0 aromatic carbocycles. The van der Waals surface area contributed by atoms with E-state index in [4.69, 9.17) is 19.7 Å². The predicted octanol–water partition coefficient (Wildman–Crippen LogP) is 0.344. The van der Waals surface area contributed by atoms with Crippen LogP contribution in [0.15, 0.2) is 24.4 Å². The van der Waals surface area contributed by atoms with Crippen LogP contribution < -0.4 is 5.73 Å². The van der Waals surface area contributed by atoms with Gasteiger partial charge in [-0.2, -0.15) is 0 Å². The zero-order valence-electron chi connectivity index (χ0n) is 9.94. The van der Waals surface area contributed by atoms with Crippen LogP contribution in [0, 0.1) is 0 Å². The van der Waals surface area contributed by atoms with Crippen molar-refractivity contribution in [2.24, 2.45) is 5.73 Å². The summed E-state index contributed by atoms with van der Waals surface area (Å²) >= 11 is 0. The fourth-order valence-corrected chi connectivity index (χ4v) is 1.07. The van der Waals surface area contributed by atoms with E-state index in [1.807, 2.05) is 6.07 Å². The molecular formula is C11H16N2O5. The van der Waals surface area contributed by atoms with Gasteiger partial charge in [0.2, 0.25) is 0 Å². The number of esters is 1. The summed E-state index contributed by atoms with van der Waals surface area (Å²) in [6.07, 6.45) is 0.311. The van der Waals surface area contributed by atoms with Gasteiger partial charge in [0.05, 0.1) is 12.5 Å². The summed E-state index contributed by atoms with van der Waals surface area (Å²) < 4.78 is 4.81. The second-order valence-corrected chi connectivity index (χ2v) is 3.27. The molecule has 0 radical (unpaired) electrons. The molecular weight excluding hydrogens is 240 g/mol. The maximum absolute atomic E-state index is 10.6. The molecule has 1 atom stereocenters. The Morgan fingerprint density at radius 2 is 2.11 bits per heavy atom. The molecule has 7 nitrogen and oxygen atoms in total. The lowest BCUT2D eigenvalue weighted by Gasteiger charge is -2.12. The maximum atomic E-state index is 10.6. The van der Waals surface area contributed by atoms with Gasteiger partial charge in [-0.05, 0) is 12.1 Å². The van der Waals surface area contributed by atoms with Gasteiger partial charge in [-0.3, -0.25) is 9.78 Å². The number of carbonyl (C=O) groups excluding carboxylic acids is 1. The monoisotopic (exact) mass is 256 g/mol. The Labute approximate surface area is 104 Å². The Morgan fingerprint density at radius 3 is 2.50 bits per heavy atom. The molecule has 0 aliphatic carbocycles. The van der Waals surface area contributed by atoms with Crippen molar-refractivity contribution in [3.05, 3.63) is 30.1 Å². The Bertz CT molecular complexity index is 365. The first-order valence-electron chi connectivity index (χ1n) is 5.11. The number of ether oxygens (including phenoxy) is 1. The van der Waals surface area contributed by atoms with E-state index in [1.54, 1.807) is 18.3 Å². The molecule has 1 aromatic rings. The number of primary amides is 1. The lowest BCUT2D eigenvalue weighted by Crippen LogP contribution is -2.15. The minimum Gasteiger partial charge on any atom is -0.465 e. The van der Waals surface area contributed by atoms with Gasteiger partial charge in [0.25, 0.3) is 0 Å². The van der Waals surface area contributed by atoms with E-state index in [0.29, 0.717) is 0 Å². The average molecular weight is 256 g/mol. The number of carboxylic acid groups (broad SMARTS) is 1. The number of rotatable bonds is 4. The van der Waals surface area contributed by atoms with Crippen LogP contribution in [0.5, 0.6) is 0 Å². The van der Waals surface area contributed by atoms with E-state index in [2.05, 4.69) is 10.7 Å². The third-order valence-electron chi connectivity index (χ3n) is 1.81. The summed E-state index contributed by atoms with van der Waals surface area (Å²) in [7, 11) is 0. The van der Waals surface area contributed by atoms with Crippen LogP contribution in [0.4, 0.5) is 4.79 Å². The predicted molar refractivity (Wildman–Crippen MR) is 62.9 cm³/mol. The molecule has 0 bridgehead atoms. The van der Waals surface area contributed by atoms with E-state index in [1.165, 1.54) is 6.92 Å². The largest absolute Gasteiger partial charge is 0.465 e. The van der Waals surface area contributed by atoms with Crippen molar-refractivity contribution in [2.75, 3.05) is 13.2 Å². The van der Waals surface area contributed by atoms with Gasteiger partial charge < -0.3 is 20.7 Å². The van der Waals surface area contributed by atoms with Gasteiger partial charge in [0, 0.05) is 18.8 Å². The third-order valence-corrected chi connectivity index (χ3v) is 1.81. The summed E-state index contributed by atoms with van der Waals surface area (Å²) in [6, 6.07) is 5.42. The highest BCUT2D eigenvalue weighted by Gasteiger charge is 2.12. The number of hydrogen-bond donors (Lipinski definition) is 3. The van der Waals surface area contributed by atoms with Crippen LogP contribution in [0.3, 0.4) is 0 Å². The van der Waals surface area contributed by atoms with Crippen LogP contribution >= 0.6 is 0 Å². The van der Waals surface area contributed by atoms with Crippen LogP contribution in [-0.4, -0.2) is 40.5 Å². The van der Waals surface area contributed by atoms with E-state index in [-0.39, 0.29) is 25.1 Å². The van der Waals surface area contributed by atoms with Crippen molar-refractivity contribution >= 4 is 12.1 Å². The molecule has 18 heavy (non-hydrogen) atoms. The summed E-state index contributed by atoms with van der Waals surface area (Å²) in [4.78, 5) is 23.4. The average Bonchev–Trinajstić information content (AvgIpc) is 2.30. The molecule has 0 aliphatic heterocycles. The number of aliphatic hydroxyl groups excluding tert-OH is 1.